The first kappa shape index (κ1) is 21.3. The van der Waals surface area contributed by atoms with Gasteiger partial charge in [-0.1, -0.05) is 12.1 Å². The lowest BCUT2D eigenvalue weighted by atomic mass is 10.0. The first-order valence-corrected chi connectivity index (χ1v) is 10.1. The van der Waals surface area contributed by atoms with Crippen LogP contribution < -0.4 is 15.6 Å². The predicted molar refractivity (Wildman–Crippen MR) is 124 cm³/mol. The van der Waals surface area contributed by atoms with E-state index in [0.717, 1.165) is 6.54 Å². The van der Waals surface area contributed by atoms with E-state index in [-0.39, 0.29) is 22.4 Å². The molecule has 0 saturated heterocycles. The van der Waals surface area contributed by atoms with Gasteiger partial charge in [-0.25, -0.2) is 4.98 Å². The molecule has 8 heteroatoms. The van der Waals surface area contributed by atoms with Gasteiger partial charge in [-0.15, -0.1) is 0 Å². The summed E-state index contributed by atoms with van der Waals surface area (Å²) >= 11 is 0. The van der Waals surface area contributed by atoms with Gasteiger partial charge in [0.25, 0.3) is 5.56 Å². The van der Waals surface area contributed by atoms with Crippen LogP contribution in [0.2, 0.25) is 0 Å². The van der Waals surface area contributed by atoms with Crippen molar-refractivity contribution in [3.8, 4) is 11.5 Å². The van der Waals surface area contributed by atoms with Gasteiger partial charge in [-0.2, -0.15) is 0 Å². The van der Waals surface area contributed by atoms with Crippen LogP contribution in [0.25, 0.3) is 16.6 Å². The molecule has 32 heavy (non-hydrogen) atoms. The molecule has 0 aliphatic heterocycles. The maximum atomic E-state index is 13.3. The van der Waals surface area contributed by atoms with E-state index in [9.17, 15) is 14.7 Å². The van der Waals surface area contributed by atoms with Crippen LogP contribution in [0, 0.1) is 0 Å². The first-order valence-electron chi connectivity index (χ1n) is 10.1. The first-order chi connectivity index (χ1) is 15.4. The lowest BCUT2D eigenvalue weighted by Gasteiger charge is -2.15. The second-order valence-corrected chi connectivity index (χ2v) is 7.71. The van der Waals surface area contributed by atoms with E-state index in [2.05, 4.69) is 10.3 Å². The lowest BCUT2D eigenvalue weighted by Crippen LogP contribution is -2.23. The lowest BCUT2D eigenvalue weighted by molar-refractivity contribution is 0.103. The van der Waals surface area contributed by atoms with Gasteiger partial charge in [0, 0.05) is 24.8 Å². The standard InChI is InChI=1S/C24H24N4O4/c1-27(2)11-10-25-20-12-15(22(30)18-13-16(32-3)8-9-21(18)29)14-28-23(20)26-19-7-5-4-6-17(19)24(28)31/h4-9,12-14,25,29H,10-11H2,1-3H3. The van der Waals surface area contributed by atoms with E-state index in [4.69, 9.17) is 4.74 Å². The third-order valence-electron chi connectivity index (χ3n) is 5.20. The number of nitrogens with zero attached hydrogens (tertiary/aromatic N) is 3. The van der Waals surface area contributed by atoms with Crippen molar-refractivity contribution in [1.29, 1.82) is 0 Å². The molecule has 2 aromatic heterocycles. The number of rotatable bonds is 7. The van der Waals surface area contributed by atoms with Crippen LogP contribution in [0.3, 0.4) is 0 Å². The Morgan fingerprint density at radius 1 is 1.19 bits per heavy atom. The smallest absolute Gasteiger partial charge is 0.265 e. The number of methoxy groups -OCH3 is 1. The number of para-hydroxylation sites is 1. The highest BCUT2D eigenvalue weighted by Crippen LogP contribution is 2.27. The molecule has 0 amide bonds. The molecule has 0 atom stereocenters. The number of anilines is 1. The summed E-state index contributed by atoms with van der Waals surface area (Å²) in [4.78, 5) is 33.2. The molecule has 8 nitrogen and oxygen atoms in total. The molecule has 2 N–H and O–H groups in total. The molecule has 0 unspecified atom stereocenters. The maximum Gasteiger partial charge on any atom is 0.265 e. The zero-order chi connectivity index (χ0) is 22.8. The molecule has 4 rings (SSSR count). The van der Waals surface area contributed by atoms with Crippen molar-refractivity contribution in [2.75, 3.05) is 39.6 Å². The molecule has 2 heterocycles. The maximum absolute atomic E-state index is 13.3. The van der Waals surface area contributed by atoms with Crippen LogP contribution in [-0.4, -0.2) is 59.5 Å². The van der Waals surface area contributed by atoms with Crippen LogP contribution in [0.4, 0.5) is 5.69 Å². The summed E-state index contributed by atoms with van der Waals surface area (Å²) in [6, 6.07) is 13.2. The molecule has 0 saturated carbocycles. The van der Waals surface area contributed by atoms with Crippen molar-refractivity contribution >= 4 is 28.0 Å². The number of benzene rings is 2. The average Bonchev–Trinajstić information content (AvgIpc) is 2.79. The highest BCUT2D eigenvalue weighted by molar-refractivity contribution is 6.11. The van der Waals surface area contributed by atoms with Gasteiger partial charge in [0.2, 0.25) is 0 Å². The summed E-state index contributed by atoms with van der Waals surface area (Å²) in [6.07, 6.45) is 1.47. The van der Waals surface area contributed by atoms with Gasteiger partial charge in [0.05, 0.1) is 29.3 Å². The SMILES string of the molecule is COc1ccc(O)c(C(=O)c2cc(NCCN(C)C)c3nc4ccccc4c(=O)n3c2)c1. The van der Waals surface area contributed by atoms with Crippen molar-refractivity contribution in [2.45, 2.75) is 0 Å². The summed E-state index contributed by atoms with van der Waals surface area (Å²) in [5, 5.41) is 14.0. The molecular weight excluding hydrogens is 408 g/mol. The van der Waals surface area contributed by atoms with Gasteiger partial charge in [0.15, 0.2) is 11.4 Å². The van der Waals surface area contributed by atoms with Crippen LogP contribution in [0.5, 0.6) is 11.5 Å². The fraction of sp³-hybridized carbons (Fsp3) is 0.208. The number of ketones is 1. The molecule has 164 valence electrons. The summed E-state index contributed by atoms with van der Waals surface area (Å²) in [6.45, 7) is 1.34. The second-order valence-electron chi connectivity index (χ2n) is 7.71. The van der Waals surface area contributed by atoms with E-state index in [0.29, 0.717) is 34.5 Å². The number of likely N-dealkylation sites (N-methyl/N-ethyl adjacent to an activating group) is 1. The van der Waals surface area contributed by atoms with Gasteiger partial charge < -0.3 is 20.1 Å². The largest absolute Gasteiger partial charge is 0.507 e. The van der Waals surface area contributed by atoms with Gasteiger partial charge in [-0.3, -0.25) is 14.0 Å². The number of hydrogen-bond donors (Lipinski definition) is 2. The summed E-state index contributed by atoms with van der Waals surface area (Å²) in [5.74, 6) is -0.151. The number of phenolic OH excluding ortho intramolecular Hbond substituents is 1. The third kappa shape index (κ3) is 4.00. The number of phenols is 1. The number of pyridine rings is 1. The van der Waals surface area contributed by atoms with E-state index in [1.165, 1.54) is 29.8 Å². The molecule has 4 aromatic rings. The quantitative estimate of drug-likeness (QED) is 0.342. The number of aromatic hydroxyl groups is 1. The Bertz CT molecular complexity index is 1380. The van der Waals surface area contributed by atoms with Crippen molar-refractivity contribution in [3.05, 3.63) is 76.2 Å². The van der Waals surface area contributed by atoms with Crippen molar-refractivity contribution in [2.24, 2.45) is 0 Å². The Morgan fingerprint density at radius 2 is 1.97 bits per heavy atom. The topological polar surface area (TPSA) is 96.2 Å². The van der Waals surface area contributed by atoms with Gasteiger partial charge >= 0.3 is 0 Å². The Labute approximate surface area is 184 Å². The number of hydrogen-bond acceptors (Lipinski definition) is 7. The van der Waals surface area contributed by atoms with Gasteiger partial charge in [-0.05, 0) is 50.5 Å². The molecule has 0 fully saturated rings. The summed E-state index contributed by atoms with van der Waals surface area (Å²) in [5.41, 5.74) is 1.63. The second kappa shape index (κ2) is 8.68. The number of aromatic nitrogens is 2. The number of nitrogens with one attached hydrogen (secondary N) is 1. The average molecular weight is 432 g/mol. The summed E-state index contributed by atoms with van der Waals surface area (Å²) in [7, 11) is 5.41. The molecular formula is C24H24N4O4. The van der Waals surface area contributed by atoms with Crippen LogP contribution in [0.1, 0.15) is 15.9 Å². The number of fused-ring (bicyclic) bond motifs is 2. The van der Waals surface area contributed by atoms with E-state index >= 15 is 0 Å². The highest BCUT2D eigenvalue weighted by atomic mass is 16.5. The zero-order valence-corrected chi connectivity index (χ0v) is 18.1. The normalized spacial score (nSPS) is 11.2. The predicted octanol–water partition coefficient (Wildman–Crippen LogP) is 2.77. The van der Waals surface area contributed by atoms with Crippen molar-refractivity contribution < 1.29 is 14.6 Å². The zero-order valence-electron chi connectivity index (χ0n) is 18.1. The van der Waals surface area contributed by atoms with E-state index in [1.54, 1.807) is 30.3 Å². The van der Waals surface area contributed by atoms with Gasteiger partial charge in [0.1, 0.15) is 11.5 Å². The number of ether oxygens (including phenoxy) is 1. The Kier molecular flexibility index (Phi) is 5.79. The molecule has 0 aliphatic rings. The number of carbonyl (C=O) groups excluding carboxylic acids is 1. The number of carbonyl (C=O) groups is 1. The minimum absolute atomic E-state index is 0.0877. The summed E-state index contributed by atoms with van der Waals surface area (Å²) < 4.78 is 6.57. The Morgan fingerprint density at radius 3 is 2.72 bits per heavy atom. The molecule has 0 bridgehead atoms. The fourth-order valence-corrected chi connectivity index (χ4v) is 3.50. The molecule has 0 radical (unpaired) electrons. The highest BCUT2D eigenvalue weighted by Gasteiger charge is 2.19. The Balaban J connectivity index is 1.91. The van der Waals surface area contributed by atoms with E-state index < -0.39 is 5.78 Å². The minimum atomic E-state index is -0.431. The molecule has 2 aromatic carbocycles. The minimum Gasteiger partial charge on any atom is -0.507 e. The van der Waals surface area contributed by atoms with Crippen molar-refractivity contribution in [3.63, 3.8) is 0 Å². The fourth-order valence-electron chi connectivity index (χ4n) is 3.50. The monoisotopic (exact) mass is 432 g/mol. The van der Waals surface area contributed by atoms with Crippen molar-refractivity contribution in [1.82, 2.24) is 14.3 Å². The molecule has 0 spiro atoms. The molecule has 0 aliphatic carbocycles. The Hall–Kier alpha value is -3.91. The van der Waals surface area contributed by atoms with E-state index in [1.807, 2.05) is 25.1 Å². The van der Waals surface area contributed by atoms with Crippen LogP contribution in [0.15, 0.2) is 59.5 Å². The van der Waals surface area contributed by atoms with Crippen LogP contribution in [-0.2, 0) is 0 Å². The third-order valence-corrected chi connectivity index (χ3v) is 5.20. The van der Waals surface area contributed by atoms with Crippen LogP contribution >= 0.6 is 0 Å².